The highest BCUT2D eigenvalue weighted by atomic mass is 32.2. The third kappa shape index (κ3) is 7.50. The summed E-state index contributed by atoms with van der Waals surface area (Å²) < 4.78 is 20.9. The lowest BCUT2D eigenvalue weighted by molar-refractivity contribution is -0.144. The second-order valence-electron chi connectivity index (χ2n) is 3.43. The molecule has 0 rings (SSSR count). The van der Waals surface area contributed by atoms with E-state index in [0.717, 1.165) is 12.8 Å². The average molecular weight is 236 g/mol. The van der Waals surface area contributed by atoms with Crippen molar-refractivity contribution in [2.45, 2.75) is 19.8 Å². The summed E-state index contributed by atoms with van der Waals surface area (Å²) in [5, 5.41) is 0. The van der Waals surface area contributed by atoms with E-state index in [0.29, 0.717) is 18.1 Å². The van der Waals surface area contributed by atoms with Crippen molar-refractivity contribution in [3.8, 4) is 0 Å². The molecular formula is C10H20O4S. The van der Waals surface area contributed by atoms with Gasteiger partial charge < -0.3 is 9.47 Å². The zero-order chi connectivity index (χ0) is 11.7. The number of rotatable bonds is 8. The van der Waals surface area contributed by atoms with Gasteiger partial charge in [0.15, 0.2) is 0 Å². The molecule has 0 aliphatic carbocycles. The molecule has 90 valence electrons. The molecule has 2 unspecified atom stereocenters. The van der Waals surface area contributed by atoms with Crippen molar-refractivity contribution in [3.63, 3.8) is 0 Å². The highest BCUT2D eigenvalue weighted by molar-refractivity contribution is 7.85. The number of unbranched alkanes of at least 4 members (excludes halogenated alkanes) is 1. The van der Waals surface area contributed by atoms with E-state index in [9.17, 15) is 9.00 Å². The van der Waals surface area contributed by atoms with Gasteiger partial charge in [-0.25, -0.2) is 0 Å². The summed E-state index contributed by atoms with van der Waals surface area (Å²) in [7, 11) is 2.06. The van der Waals surface area contributed by atoms with Crippen molar-refractivity contribution in [1.29, 1.82) is 0 Å². The Labute approximate surface area is 93.8 Å². The molecule has 0 amide bonds. The van der Waals surface area contributed by atoms with E-state index in [1.807, 2.05) is 0 Å². The molecule has 0 aliphatic rings. The molecular weight excluding hydrogens is 216 g/mol. The summed E-state index contributed by atoms with van der Waals surface area (Å²) in [4.78, 5) is 11.0. The maximum Gasteiger partial charge on any atom is 0.309 e. The first-order valence-electron chi connectivity index (χ1n) is 5.03. The molecule has 0 fully saturated rings. The van der Waals surface area contributed by atoms with E-state index < -0.39 is 10.8 Å². The Kier molecular flexibility index (Phi) is 8.61. The largest absolute Gasteiger partial charge is 0.469 e. The lowest BCUT2D eigenvalue weighted by Gasteiger charge is -2.08. The fourth-order valence-corrected chi connectivity index (χ4v) is 2.53. The van der Waals surface area contributed by atoms with Crippen LogP contribution in [0.1, 0.15) is 19.8 Å². The molecule has 15 heavy (non-hydrogen) atoms. The third-order valence-corrected chi connectivity index (χ3v) is 3.63. The maximum atomic E-state index is 11.5. The van der Waals surface area contributed by atoms with Gasteiger partial charge in [0.2, 0.25) is 0 Å². The zero-order valence-electron chi connectivity index (χ0n) is 9.65. The van der Waals surface area contributed by atoms with E-state index in [1.54, 1.807) is 14.0 Å². The van der Waals surface area contributed by atoms with Crippen molar-refractivity contribution >= 4 is 16.8 Å². The number of methoxy groups -OCH3 is 2. The van der Waals surface area contributed by atoms with Gasteiger partial charge in [-0.3, -0.25) is 9.00 Å². The van der Waals surface area contributed by atoms with Crippen LogP contribution in [0.5, 0.6) is 0 Å². The van der Waals surface area contributed by atoms with Gasteiger partial charge in [0.1, 0.15) is 0 Å². The van der Waals surface area contributed by atoms with E-state index >= 15 is 0 Å². The van der Waals surface area contributed by atoms with Crippen LogP contribution in [0.2, 0.25) is 0 Å². The molecule has 0 aromatic rings. The standard InChI is InChI=1S/C10H20O4S/c1-9(10(11)14-3)8-15(12)7-5-4-6-13-2/h9H,4-8H2,1-3H3. The van der Waals surface area contributed by atoms with Gasteiger partial charge >= 0.3 is 5.97 Å². The van der Waals surface area contributed by atoms with E-state index in [2.05, 4.69) is 4.74 Å². The van der Waals surface area contributed by atoms with Crippen LogP contribution in [-0.4, -0.2) is 42.5 Å². The summed E-state index contributed by atoms with van der Waals surface area (Å²) in [6.45, 7) is 2.43. The fraction of sp³-hybridized carbons (Fsp3) is 0.900. The zero-order valence-corrected chi connectivity index (χ0v) is 10.5. The Balaban J connectivity index is 3.60. The smallest absolute Gasteiger partial charge is 0.309 e. The predicted molar refractivity (Wildman–Crippen MR) is 60.2 cm³/mol. The molecule has 4 nitrogen and oxygen atoms in total. The molecule has 0 N–H and O–H groups in total. The lowest BCUT2D eigenvalue weighted by Crippen LogP contribution is -2.20. The highest BCUT2D eigenvalue weighted by Crippen LogP contribution is 2.03. The number of carbonyl (C=O) groups is 1. The summed E-state index contributed by atoms with van der Waals surface area (Å²) in [5.41, 5.74) is 0. The normalized spacial score (nSPS) is 14.6. The first-order chi connectivity index (χ1) is 7.11. The Bertz CT molecular complexity index is 206. The summed E-state index contributed by atoms with van der Waals surface area (Å²) >= 11 is 0. The molecule has 0 heterocycles. The Morgan fingerprint density at radius 3 is 2.53 bits per heavy atom. The minimum absolute atomic E-state index is 0.279. The molecule has 0 bridgehead atoms. The van der Waals surface area contributed by atoms with Gasteiger partial charge in [-0.15, -0.1) is 0 Å². The summed E-state index contributed by atoms with van der Waals surface area (Å²) in [5.74, 6) is 0.447. The Hall–Kier alpha value is -0.420. The average Bonchev–Trinajstić information content (AvgIpc) is 2.23. The van der Waals surface area contributed by atoms with Crippen LogP contribution in [0, 0.1) is 5.92 Å². The van der Waals surface area contributed by atoms with Gasteiger partial charge in [-0.1, -0.05) is 6.92 Å². The summed E-state index contributed by atoms with van der Waals surface area (Å²) in [6, 6.07) is 0. The lowest BCUT2D eigenvalue weighted by atomic mass is 10.2. The topological polar surface area (TPSA) is 52.6 Å². The molecule has 0 saturated heterocycles. The van der Waals surface area contributed by atoms with Crippen LogP contribution in [0.15, 0.2) is 0 Å². The molecule has 0 spiro atoms. The van der Waals surface area contributed by atoms with Crippen LogP contribution in [-0.2, 0) is 25.1 Å². The number of carbonyl (C=O) groups excluding carboxylic acids is 1. The van der Waals surface area contributed by atoms with Crippen LogP contribution < -0.4 is 0 Å². The molecule has 0 saturated carbocycles. The van der Waals surface area contributed by atoms with Crippen LogP contribution in [0.25, 0.3) is 0 Å². The van der Waals surface area contributed by atoms with Gasteiger partial charge in [0.05, 0.1) is 13.0 Å². The summed E-state index contributed by atoms with van der Waals surface area (Å²) in [6.07, 6.45) is 1.78. The van der Waals surface area contributed by atoms with Gasteiger partial charge in [-0.2, -0.15) is 0 Å². The van der Waals surface area contributed by atoms with Crippen molar-refractivity contribution in [2.24, 2.45) is 5.92 Å². The quantitative estimate of drug-likeness (QED) is 0.465. The molecule has 2 atom stereocenters. The fourth-order valence-electron chi connectivity index (χ4n) is 1.14. The van der Waals surface area contributed by atoms with Crippen molar-refractivity contribution in [2.75, 3.05) is 32.3 Å². The Morgan fingerprint density at radius 2 is 2.00 bits per heavy atom. The molecule has 5 heteroatoms. The molecule has 0 aromatic heterocycles. The van der Waals surface area contributed by atoms with Crippen LogP contribution >= 0.6 is 0 Å². The number of hydrogen-bond donors (Lipinski definition) is 0. The van der Waals surface area contributed by atoms with Crippen molar-refractivity contribution in [3.05, 3.63) is 0 Å². The van der Waals surface area contributed by atoms with Crippen LogP contribution in [0.3, 0.4) is 0 Å². The van der Waals surface area contributed by atoms with Crippen molar-refractivity contribution in [1.82, 2.24) is 0 Å². The van der Waals surface area contributed by atoms with E-state index in [-0.39, 0.29) is 11.9 Å². The van der Waals surface area contributed by atoms with Crippen molar-refractivity contribution < 1.29 is 18.5 Å². The number of hydrogen-bond acceptors (Lipinski definition) is 4. The third-order valence-electron chi connectivity index (χ3n) is 2.01. The van der Waals surface area contributed by atoms with Gasteiger partial charge in [-0.05, 0) is 12.8 Å². The first-order valence-corrected chi connectivity index (χ1v) is 6.52. The second kappa shape index (κ2) is 8.85. The monoisotopic (exact) mass is 236 g/mol. The second-order valence-corrected chi connectivity index (χ2v) is 5.06. The molecule has 0 aliphatic heterocycles. The molecule has 0 radical (unpaired) electrons. The van der Waals surface area contributed by atoms with E-state index in [1.165, 1.54) is 7.11 Å². The SMILES string of the molecule is COCCCCS(=O)CC(C)C(=O)OC. The number of esters is 1. The van der Waals surface area contributed by atoms with Crippen LogP contribution in [0.4, 0.5) is 0 Å². The Morgan fingerprint density at radius 1 is 1.33 bits per heavy atom. The van der Waals surface area contributed by atoms with Gasteiger partial charge in [0.25, 0.3) is 0 Å². The van der Waals surface area contributed by atoms with E-state index in [4.69, 9.17) is 4.74 Å². The first kappa shape index (κ1) is 14.6. The number of ether oxygens (including phenoxy) is 2. The van der Waals surface area contributed by atoms with Gasteiger partial charge in [0, 0.05) is 36.0 Å². The highest BCUT2D eigenvalue weighted by Gasteiger charge is 2.15. The minimum Gasteiger partial charge on any atom is -0.469 e. The molecule has 0 aromatic carbocycles. The maximum absolute atomic E-state index is 11.5. The minimum atomic E-state index is -0.932. The predicted octanol–water partition coefficient (Wildman–Crippen LogP) is 0.971.